The molecule has 2 N–H and O–H groups in total. The first-order valence-electron chi connectivity index (χ1n) is 6.80. The molecule has 21 heavy (non-hydrogen) atoms. The molecule has 2 amide bonds. The van der Waals surface area contributed by atoms with Gasteiger partial charge in [-0.05, 0) is 30.2 Å². The normalized spacial score (nSPS) is 9.95. The van der Waals surface area contributed by atoms with Gasteiger partial charge >= 0.3 is 6.03 Å². The van der Waals surface area contributed by atoms with E-state index in [1.807, 2.05) is 42.5 Å². The molecule has 4 heteroatoms. The molecule has 0 aliphatic heterocycles. The standard InChI is InChI=1S/C17H18N2O2/c1-13(20)11-14-7-9-16(10-8-14)19-17(21)18-12-15-5-3-2-4-6-15/h2-10H,11-12H2,1H3,(H2,18,19,21). The fraction of sp³-hybridized carbons (Fsp3) is 0.176. The number of anilines is 1. The van der Waals surface area contributed by atoms with Gasteiger partial charge < -0.3 is 10.6 Å². The maximum Gasteiger partial charge on any atom is 0.319 e. The van der Waals surface area contributed by atoms with Gasteiger partial charge in [0.15, 0.2) is 0 Å². The minimum atomic E-state index is -0.252. The van der Waals surface area contributed by atoms with E-state index in [1.165, 1.54) is 0 Å². The molecule has 0 aromatic heterocycles. The maximum absolute atomic E-state index is 11.8. The highest BCUT2D eigenvalue weighted by Crippen LogP contribution is 2.10. The van der Waals surface area contributed by atoms with Crippen LogP contribution in [0.3, 0.4) is 0 Å². The largest absolute Gasteiger partial charge is 0.334 e. The summed E-state index contributed by atoms with van der Waals surface area (Å²) in [5.74, 6) is 0.122. The van der Waals surface area contributed by atoms with Gasteiger partial charge in [-0.25, -0.2) is 4.79 Å². The number of rotatable bonds is 5. The van der Waals surface area contributed by atoms with Gasteiger partial charge in [0.1, 0.15) is 5.78 Å². The quantitative estimate of drug-likeness (QED) is 0.885. The SMILES string of the molecule is CC(=O)Cc1ccc(NC(=O)NCc2ccccc2)cc1. The third kappa shape index (κ3) is 5.10. The molecule has 108 valence electrons. The molecule has 0 aliphatic rings. The summed E-state index contributed by atoms with van der Waals surface area (Å²) >= 11 is 0. The molecule has 0 fully saturated rings. The Labute approximate surface area is 124 Å². The number of carbonyl (C=O) groups excluding carboxylic acids is 2. The van der Waals surface area contributed by atoms with Crippen LogP contribution >= 0.6 is 0 Å². The van der Waals surface area contributed by atoms with Gasteiger partial charge in [-0.1, -0.05) is 42.5 Å². The van der Waals surface area contributed by atoms with Gasteiger partial charge in [0.05, 0.1) is 0 Å². The van der Waals surface area contributed by atoms with Crippen LogP contribution < -0.4 is 10.6 Å². The lowest BCUT2D eigenvalue weighted by atomic mass is 10.1. The molecule has 4 nitrogen and oxygen atoms in total. The van der Waals surface area contributed by atoms with Crippen molar-refractivity contribution in [1.82, 2.24) is 5.32 Å². The summed E-state index contributed by atoms with van der Waals surface area (Å²) in [5, 5.41) is 5.55. The molecule has 2 aromatic carbocycles. The number of hydrogen-bond acceptors (Lipinski definition) is 2. The van der Waals surface area contributed by atoms with Gasteiger partial charge in [-0.3, -0.25) is 4.79 Å². The number of urea groups is 1. The summed E-state index contributed by atoms with van der Waals surface area (Å²) < 4.78 is 0. The Morgan fingerprint density at radius 3 is 2.19 bits per heavy atom. The third-order valence-electron chi connectivity index (χ3n) is 2.96. The van der Waals surface area contributed by atoms with Crippen LogP contribution in [-0.2, 0) is 17.8 Å². The summed E-state index contributed by atoms with van der Waals surface area (Å²) in [7, 11) is 0. The van der Waals surface area contributed by atoms with Crippen LogP contribution in [0.25, 0.3) is 0 Å². The van der Waals surface area contributed by atoms with E-state index in [0.29, 0.717) is 18.7 Å². The first kappa shape index (κ1) is 14.8. The second-order valence-corrected chi connectivity index (χ2v) is 4.87. The van der Waals surface area contributed by atoms with Crippen molar-refractivity contribution in [2.24, 2.45) is 0 Å². The van der Waals surface area contributed by atoms with Crippen LogP contribution in [0.1, 0.15) is 18.1 Å². The van der Waals surface area contributed by atoms with Crippen molar-refractivity contribution in [2.75, 3.05) is 5.32 Å². The molecule has 0 aliphatic carbocycles. The highest BCUT2D eigenvalue weighted by molar-refractivity contribution is 5.89. The molecular formula is C17H18N2O2. The van der Waals surface area contributed by atoms with Crippen molar-refractivity contribution >= 4 is 17.5 Å². The number of benzene rings is 2. The molecule has 2 aromatic rings. The topological polar surface area (TPSA) is 58.2 Å². The summed E-state index contributed by atoms with van der Waals surface area (Å²) in [5.41, 5.74) is 2.69. The lowest BCUT2D eigenvalue weighted by molar-refractivity contribution is -0.116. The summed E-state index contributed by atoms with van der Waals surface area (Å²) in [6.07, 6.45) is 0.417. The van der Waals surface area contributed by atoms with E-state index in [1.54, 1.807) is 19.1 Å². The van der Waals surface area contributed by atoms with Gasteiger partial charge in [0.2, 0.25) is 0 Å². The number of Topliss-reactive ketones (excluding diaryl/α,β-unsaturated/α-hetero) is 1. The first-order chi connectivity index (χ1) is 10.1. The number of hydrogen-bond donors (Lipinski definition) is 2. The van der Waals surface area contributed by atoms with E-state index in [-0.39, 0.29) is 11.8 Å². The van der Waals surface area contributed by atoms with Gasteiger partial charge in [-0.15, -0.1) is 0 Å². The van der Waals surface area contributed by atoms with Crippen LogP contribution in [0.15, 0.2) is 54.6 Å². The van der Waals surface area contributed by atoms with Crippen molar-refractivity contribution in [1.29, 1.82) is 0 Å². The number of carbonyl (C=O) groups is 2. The maximum atomic E-state index is 11.8. The van der Waals surface area contributed by atoms with Crippen LogP contribution in [-0.4, -0.2) is 11.8 Å². The minimum absolute atomic E-state index is 0.122. The molecule has 0 unspecified atom stereocenters. The van der Waals surface area contributed by atoms with E-state index in [4.69, 9.17) is 0 Å². The lowest BCUT2D eigenvalue weighted by Gasteiger charge is -2.08. The van der Waals surface area contributed by atoms with E-state index in [9.17, 15) is 9.59 Å². The van der Waals surface area contributed by atoms with Gasteiger partial charge in [0.25, 0.3) is 0 Å². The number of amides is 2. The third-order valence-corrected chi connectivity index (χ3v) is 2.96. The molecule has 0 saturated carbocycles. The molecule has 0 saturated heterocycles. The molecule has 0 radical (unpaired) electrons. The lowest BCUT2D eigenvalue weighted by Crippen LogP contribution is -2.28. The Kier molecular flexibility index (Phi) is 5.10. The Balaban J connectivity index is 1.83. The average Bonchev–Trinajstić information content (AvgIpc) is 2.48. The zero-order valence-electron chi connectivity index (χ0n) is 11.9. The Hall–Kier alpha value is -2.62. The molecule has 0 spiro atoms. The minimum Gasteiger partial charge on any atom is -0.334 e. The molecule has 2 rings (SSSR count). The van der Waals surface area contributed by atoms with Gasteiger partial charge in [0, 0.05) is 18.7 Å². The van der Waals surface area contributed by atoms with Crippen molar-refractivity contribution in [2.45, 2.75) is 19.9 Å². The summed E-state index contributed by atoms with van der Waals surface area (Å²) in [6, 6.07) is 16.7. The zero-order chi connectivity index (χ0) is 15.1. The zero-order valence-corrected chi connectivity index (χ0v) is 11.9. The fourth-order valence-electron chi connectivity index (χ4n) is 1.95. The molecular weight excluding hydrogens is 264 g/mol. The summed E-state index contributed by atoms with van der Waals surface area (Å²) in [6.45, 7) is 2.04. The van der Waals surface area contributed by atoms with Crippen molar-refractivity contribution < 1.29 is 9.59 Å². The first-order valence-corrected chi connectivity index (χ1v) is 6.80. The van der Waals surface area contributed by atoms with Crippen LogP contribution in [0.2, 0.25) is 0 Å². The molecule has 0 heterocycles. The van der Waals surface area contributed by atoms with Crippen LogP contribution in [0.5, 0.6) is 0 Å². The fourth-order valence-corrected chi connectivity index (χ4v) is 1.95. The summed E-state index contributed by atoms with van der Waals surface area (Å²) in [4.78, 5) is 22.8. The van der Waals surface area contributed by atoms with E-state index in [0.717, 1.165) is 11.1 Å². The smallest absolute Gasteiger partial charge is 0.319 e. The second-order valence-electron chi connectivity index (χ2n) is 4.87. The predicted octanol–water partition coefficient (Wildman–Crippen LogP) is 3.14. The Morgan fingerprint density at radius 1 is 0.905 bits per heavy atom. The van der Waals surface area contributed by atoms with Crippen molar-refractivity contribution in [3.63, 3.8) is 0 Å². The Bertz CT molecular complexity index is 606. The molecule has 0 bridgehead atoms. The van der Waals surface area contributed by atoms with E-state index in [2.05, 4.69) is 10.6 Å². The predicted molar refractivity (Wildman–Crippen MR) is 83.1 cm³/mol. The van der Waals surface area contributed by atoms with Crippen molar-refractivity contribution in [3.05, 3.63) is 65.7 Å². The number of nitrogens with one attached hydrogen (secondary N) is 2. The second kappa shape index (κ2) is 7.24. The van der Waals surface area contributed by atoms with Gasteiger partial charge in [-0.2, -0.15) is 0 Å². The Morgan fingerprint density at radius 2 is 1.57 bits per heavy atom. The van der Waals surface area contributed by atoms with Crippen molar-refractivity contribution in [3.8, 4) is 0 Å². The number of ketones is 1. The average molecular weight is 282 g/mol. The van der Waals surface area contributed by atoms with E-state index >= 15 is 0 Å². The monoisotopic (exact) mass is 282 g/mol. The highest BCUT2D eigenvalue weighted by Gasteiger charge is 2.02. The van der Waals surface area contributed by atoms with Crippen LogP contribution in [0, 0.1) is 0 Å². The highest BCUT2D eigenvalue weighted by atomic mass is 16.2. The van der Waals surface area contributed by atoms with Crippen LogP contribution in [0.4, 0.5) is 10.5 Å². The molecule has 0 atom stereocenters. The van der Waals surface area contributed by atoms with E-state index < -0.39 is 0 Å².